The van der Waals surface area contributed by atoms with E-state index in [0.29, 0.717) is 23.3 Å². The van der Waals surface area contributed by atoms with Crippen LogP contribution in [0.4, 0.5) is 0 Å². The quantitative estimate of drug-likeness (QED) is 0.500. The van der Waals surface area contributed by atoms with Crippen LogP contribution < -0.4 is 9.47 Å². The minimum Gasteiger partial charge on any atom is -0.466 e. The van der Waals surface area contributed by atoms with Gasteiger partial charge in [0.05, 0.1) is 0 Å². The van der Waals surface area contributed by atoms with Crippen molar-refractivity contribution in [1.29, 1.82) is 0 Å². The molecule has 22 heavy (non-hydrogen) atoms. The van der Waals surface area contributed by atoms with Crippen molar-refractivity contribution in [2.75, 3.05) is 0 Å². The fourth-order valence-electron chi connectivity index (χ4n) is 1.59. The number of rotatable bonds is 4. The van der Waals surface area contributed by atoms with Crippen LogP contribution >= 0.6 is 9.42 Å². The van der Waals surface area contributed by atoms with Crippen LogP contribution in [0.15, 0.2) is 67.0 Å². The molecule has 0 aliphatic heterocycles. The Morgan fingerprint density at radius 1 is 0.727 bits per heavy atom. The third kappa shape index (κ3) is 5.14. The molecule has 114 valence electrons. The van der Waals surface area contributed by atoms with Gasteiger partial charge in [-0.2, -0.15) is 6.07 Å². The molecule has 2 aromatic heterocycles. The normalized spacial score (nSPS) is 9.41. The first-order valence-electron chi connectivity index (χ1n) is 6.22. The predicted molar refractivity (Wildman–Crippen MR) is 79.8 cm³/mol. The first kappa shape index (κ1) is 16.5. The summed E-state index contributed by atoms with van der Waals surface area (Å²) in [7, 11) is 4.61. The van der Waals surface area contributed by atoms with Gasteiger partial charge < -0.3 is 9.47 Å². The van der Waals surface area contributed by atoms with Crippen molar-refractivity contribution in [3.05, 3.63) is 73.1 Å². The predicted octanol–water partition coefficient (Wildman–Crippen LogP) is 4.55. The van der Waals surface area contributed by atoms with Crippen molar-refractivity contribution in [2.45, 2.75) is 0 Å². The monoisotopic (exact) mass is 493 g/mol. The van der Waals surface area contributed by atoms with Gasteiger partial charge in [-0.15, -0.1) is 12.1 Å². The Bertz CT molecular complexity index is 627. The molecular weight excluding hydrogens is 483 g/mol. The van der Waals surface area contributed by atoms with E-state index in [0.717, 1.165) is 0 Å². The maximum Gasteiger partial charge on any atom is 0.216 e. The van der Waals surface area contributed by atoms with Crippen molar-refractivity contribution in [2.24, 2.45) is 0 Å². The maximum atomic E-state index is 5.59. The minimum absolute atomic E-state index is 0.513. The topological polar surface area (TPSA) is 44.2 Å². The third-order valence-electron chi connectivity index (χ3n) is 2.45. The van der Waals surface area contributed by atoms with Crippen molar-refractivity contribution < 1.29 is 28.2 Å². The summed E-state index contributed by atoms with van der Waals surface area (Å²) in [5, 5.41) is 0. The van der Waals surface area contributed by atoms with E-state index in [1.165, 1.54) is 0 Å². The first-order chi connectivity index (χ1) is 10.9. The van der Waals surface area contributed by atoms with Crippen molar-refractivity contribution in [3.63, 3.8) is 0 Å². The van der Waals surface area contributed by atoms with E-state index in [1.807, 2.05) is 30.3 Å². The summed E-state index contributed by atoms with van der Waals surface area (Å²) < 4.78 is 11.2. The van der Waals surface area contributed by atoms with E-state index in [2.05, 4.69) is 25.5 Å². The van der Waals surface area contributed by atoms with Gasteiger partial charge in [-0.3, -0.25) is 0 Å². The van der Waals surface area contributed by atoms with Crippen molar-refractivity contribution in [1.82, 2.24) is 9.97 Å². The zero-order valence-corrected chi connectivity index (χ0v) is 14.3. The Kier molecular flexibility index (Phi) is 6.88. The van der Waals surface area contributed by atoms with E-state index < -0.39 is 0 Å². The Hall–Kier alpha value is -1.90. The minimum atomic E-state index is 0.513. The van der Waals surface area contributed by atoms with Gasteiger partial charge >= 0.3 is 28.2 Å². The Labute approximate surface area is 143 Å². The molecule has 0 N–H and O–H groups in total. The van der Waals surface area contributed by atoms with E-state index in [1.54, 1.807) is 55.4 Å². The standard InChI is InChI=1S/C16H11N2O2.ClH.Pt/c1-3-10-17-15(8-1)19-13-6-5-7-14(12-13)20-16-9-2-4-11-18-16;;/h1-11H;1H;/q-1;;+2/p-1. The number of pyridine rings is 2. The SMILES string of the molecule is [Cl][Pt+].[c-]1c(Oc2ccccn2)cccc1Oc1ccccn1. The van der Waals surface area contributed by atoms with Crippen LogP contribution in [0.3, 0.4) is 0 Å². The first-order valence-corrected chi connectivity index (χ1v) is 9.04. The number of ether oxygens (including phenoxy) is 2. The van der Waals surface area contributed by atoms with Crippen LogP contribution in [0.1, 0.15) is 0 Å². The molecule has 2 heterocycles. The van der Waals surface area contributed by atoms with Gasteiger partial charge in [0.25, 0.3) is 0 Å². The second-order valence-electron chi connectivity index (χ2n) is 3.92. The Morgan fingerprint density at radius 2 is 1.23 bits per heavy atom. The molecule has 3 aromatic rings. The van der Waals surface area contributed by atoms with Crippen LogP contribution in [0.2, 0.25) is 0 Å². The number of hydrogen-bond acceptors (Lipinski definition) is 4. The van der Waals surface area contributed by atoms with Crippen LogP contribution in [-0.2, 0) is 18.8 Å². The second kappa shape index (κ2) is 9.18. The molecule has 0 saturated heterocycles. The fraction of sp³-hybridized carbons (Fsp3) is 0. The van der Waals surface area contributed by atoms with E-state index in [4.69, 9.17) is 9.47 Å². The van der Waals surface area contributed by atoms with E-state index >= 15 is 0 Å². The molecule has 6 heteroatoms. The fourth-order valence-corrected chi connectivity index (χ4v) is 1.59. The molecule has 1 aromatic carbocycles. The summed E-state index contributed by atoms with van der Waals surface area (Å²) in [5.41, 5.74) is 0. The van der Waals surface area contributed by atoms with Gasteiger partial charge in [0.2, 0.25) is 11.8 Å². The molecule has 0 aliphatic rings. The zero-order valence-electron chi connectivity index (χ0n) is 11.3. The van der Waals surface area contributed by atoms with Gasteiger partial charge in [0.15, 0.2) is 0 Å². The van der Waals surface area contributed by atoms with E-state index in [9.17, 15) is 0 Å². The molecule has 0 unspecified atom stereocenters. The number of benzene rings is 1. The zero-order chi connectivity index (χ0) is 15.6. The van der Waals surface area contributed by atoms with E-state index in [-0.39, 0.29) is 0 Å². The summed E-state index contributed by atoms with van der Waals surface area (Å²) in [6, 6.07) is 19.4. The van der Waals surface area contributed by atoms with Crippen LogP contribution in [0.5, 0.6) is 23.3 Å². The molecule has 0 atom stereocenters. The molecule has 0 spiro atoms. The van der Waals surface area contributed by atoms with Crippen LogP contribution in [0, 0.1) is 6.07 Å². The van der Waals surface area contributed by atoms with Gasteiger partial charge in [0.1, 0.15) is 0 Å². The molecule has 3 rings (SSSR count). The van der Waals surface area contributed by atoms with Gasteiger partial charge in [-0.1, -0.05) is 18.2 Å². The smallest absolute Gasteiger partial charge is 0.216 e. The molecule has 0 saturated carbocycles. The van der Waals surface area contributed by atoms with Gasteiger partial charge in [0, 0.05) is 36.0 Å². The Balaban J connectivity index is 0.000000847. The summed E-state index contributed by atoms with van der Waals surface area (Å²) in [5.74, 6) is 2.10. The largest absolute Gasteiger partial charge is 0.466 e. The molecular formula is C16H11ClN2O2Pt. The molecule has 4 nitrogen and oxygen atoms in total. The number of aromatic nitrogens is 2. The van der Waals surface area contributed by atoms with Gasteiger partial charge in [-0.25, -0.2) is 9.97 Å². The maximum absolute atomic E-state index is 5.59. The summed E-state index contributed by atoms with van der Waals surface area (Å²) in [6.07, 6.45) is 3.34. The summed E-state index contributed by atoms with van der Waals surface area (Å²) in [6.45, 7) is 0. The number of hydrogen-bond donors (Lipinski definition) is 0. The number of halogens is 1. The van der Waals surface area contributed by atoms with Crippen LogP contribution in [-0.4, -0.2) is 9.97 Å². The average molecular weight is 494 g/mol. The average Bonchev–Trinajstić information content (AvgIpc) is 2.59. The van der Waals surface area contributed by atoms with Gasteiger partial charge in [-0.05, 0) is 12.1 Å². The summed E-state index contributed by atoms with van der Waals surface area (Å²) >= 11 is 1.61. The van der Waals surface area contributed by atoms with Crippen LogP contribution in [0.25, 0.3) is 0 Å². The van der Waals surface area contributed by atoms with Crippen molar-refractivity contribution >= 4 is 9.42 Å². The number of nitrogens with zero attached hydrogens (tertiary/aromatic N) is 2. The third-order valence-corrected chi connectivity index (χ3v) is 2.45. The Morgan fingerprint density at radius 3 is 1.64 bits per heavy atom. The summed E-state index contributed by atoms with van der Waals surface area (Å²) in [4.78, 5) is 8.18. The molecule has 0 amide bonds. The molecule has 0 radical (unpaired) electrons. The van der Waals surface area contributed by atoms with Crippen molar-refractivity contribution in [3.8, 4) is 23.3 Å². The molecule has 0 bridgehead atoms. The second-order valence-corrected chi connectivity index (χ2v) is 3.92. The molecule has 0 fully saturated rings. The molecule has 0 aliphatic carbocycles.